The van der Waals surface area contributed by atoms with E-state index in [9.17, 15) is 0 Å². The van der Waals surface area contributed by atoms with Crippen molar-refractivity contribution in [2.45, 2.75) is 25.9 Å². The molecule has 0 spiro atoms. The van der Waals surface area contributed by atoms with Crippen molar-refractivity contribution >= 4 is 27.5 Å². The maximum Gasteiger partial charge on any atom is 0.0451 e. The van der Waals surface area contributed by atoms with Crippen LogP contribution >= 0.6 is 27.5 Å². The summed E-state index contributed by atoms with van der Waals surface area (Å²) in [4.78, 5) is 0. The molecule has 0 bridgehead atoms. The minimum atomic E-state index is 0.310. The lowest BCUT2D eigenvalue weighted by molar-refractivity contribution is 0.559. The minimum Gasteiger partial charge on any atom is -0.309 e. The fourth-order valence-electron chi connectivity index (χ4n) is 1.21. The third kappa shape index (κ3) is 4.25. The van der Waals surface area contributed by atoms with Crippen LogP contribution < -0.4 is 5.32 Å². The molecule has 1 aromatic rings. The van der Waals surface area contributed by atoms with Crippen LogP contribution in [-0.4, -0.2) is 6.04 Å². The number of terminal acetylenes is 1. The van der Waals surface area contributed by atoms with E-state index in [0.29, 0.717) is 6.04 Å². The van der Waals surface area contributed by atoms with Crippen LogP contribution in [0.2, 0.25) is 5.02 Å². The normalized spacial score (nSPS) is 12.1. The van der Waals surface area contributed by atoms with Crippen molar-refractivity contribution in [2.24, 2.45) is 0 Å². The third-order valence-corrected chi connectivity index (χ3v) is 2.93. The Kier molecular flexibility index (Phi) is 5.17. The summed E-state index contributed by atoms with van der Waals surface area (Å²) in [5, 5.41) is 4.10. The molecule has 1 atom stereocenters. The molecule has 1 nitrogen and oxygen atoms in total. The average Bonchev–Trinajstić information content (AvgIpc) is 2.20. The highest BCUT2D eigenvalue weighted by molar-refractivity contribution is 9.10. The Bertz CT molecular complexity index is 370. The van der Waals surface area contributed by atoms with Gasteiger partial charge in [-0.05, 0) is 30.7 Å². The first kappa shape index (κ1) is 12.6. The van der Waals surface area contributed by atoms with Gasteiger partial charge < -0.3 is 5.32 Å². The van der Waals surface area contributed by atoms with Crippen molar-refractivity contribution in [3.05, 3.63) is 33.3 Å². The van der Waals surface area contributed by atoms with Gasteiger partial charge in [-0.25, -0.2) is 0 Å². The summed E-state index contributed by atoms with van der Waals surface area (Å²) in [6.07, 6.45) is 5.96. The molecule has 1 aromatic carbocycles. The van der Waals surface area contributed by atoms with Crippen LogP contribution in [0, 0.1) is 12.3 Å². The van der Waals surface area contributed by atoms with Gasteiger partial charge in [0, 0.05) is 28.5 Å². The van der Waals surface area contributed by atoms with Crippen LogP contribution in [0.5, 0.6) is 0 Å². The molecule has 3 heteroatoms. The zero-order valence-corrected chi connectivity index (χ0v) is 10.9. The van der Waals surface area contributed by atoms with Gasteiger partial charge in [0.1, 0.15) is 0 Å². The lowest BCUT2D eigenvalue weighted by Gasteiger charge is -2.11. The summed E-state index contributed by atoms with van der Waals surface area (Å²) in [5.41, 5.74) is 1.08. The molecular weight excluding hydrogens is 273 g/mol. The summed E-state index contributed by atoms with van der Waals surface area (Å²) in [7, 11) is 0. The van der Waals surface area contributed by atoms with Crippen molar-refractivity contribution in [2.75, 3.05) is 0 Å². The molecule has 0 saturated carbocycles. The molecule has 0 aliphatic rings. The predicted molar refractivity (Wildman–Crippen MR) is 68.9 cm³/mol. The van der Waals surface area contributed by atoms with Gasteiger partial charge in [0.15, 0.2) is 0 Å². The second-order valence-corrected chi connectivity index (χ2v) is 4.75. The lowest BCUT2D eigenvalue weighted by atomic mass is 10.2. The van der Waals surface area contributed by atoms with Gasteiger partial charge in [-0.1, -0.05) is 27.5 Å². The topological polar surface area (TPSA) is 12.0 Å². The Hall–Kier alpha value is -0.490. The molecule has 1 N–H and O–H groups in total. The van der Waals surface area contributed by atoms with E-state index in [-0.39, 0.29) is 0 Å². The Morgan fingerprint density at radius 2 is 2.33 bits per heavy atom. The molecule has 0 aliphatic carbocycles. The van der Waals surface area contributed by atoms with E-state index in [1.165, 1.54) is 0 Å². The van der Waals surface area contributed by atoms with Gasteiger partial charge >= 0.3 is 0 Å². The van der Waals surface area contributed by atoms with Gasteiger partial charge in [-0.15, -0.1) is 12.3 Å². The summed E-state index contributed by atoms with van der Waals surface area (Å²) in [5.74, 6) is 2.62. The minimum absolute atomic E-state index is 0.310. The summed E-state index contributed by atoms with van der Waals surface area (Å²) >= 11 is 9.47. The fraction of sp³-hybridized carbons (Fsp3) is 0.333. The predicted octanol–water partition coefficient (Wildman–Crippen LogP) is 3.60. The average molecular weight is 287 g/mol. The molecule has 0 radical (unpaired) electrons. The monoisotopic (exact) mass is 285 g/mol. The van der Waals surface area contributed by atoms with E-state index in [4.69, 9.17) is 18.0 Å². The fourth-order valence-corrected chi connectivity index (χ4v) is 1.80. The van der Waals surface area contributed by atoms with E-state index >= 15 is 0 Å². The lowest BCUT2D eigenvalue weighted by Crippen LogP contribution is -2.24. The van der Waals surface area contributed by atoms with Crippen molar-refractivity contribution in [1.82, 2.24) is 5.32 Å². The molecule has 1 rings (SSSR count). The van der Waals surface area contributed by atoms with Crippen LogP contribution in [0.25, 0.3) is 0 Å². The molecule has 0 heterocycles. The van der Waals surface area contributed by atoms with Crippen molar-refractivity contribution in [3.8, 4) is 12.3 Å². The van der Waals surface area contributed by atoms with Crippen molar-refractivity contribution < 1.29 is 0 Å². The number of benzene rings is 1. The van der Waals surface area contributed by atoms with Gasteiger partial charge in [0.05, 0.1) is 0 Å². The highest BCUT2D eigenvalue weighted by atomic mass is 79.9. The van der Waals surface area contributed by atoms with Gasteiger partial charge in [-0.3, -0.25) is 0 Å². The molecule has 80 valence electrons. The number of hydrogen-bond donors (Lipinski definition) is 1. The first-order valence-corrected chi connectivity index (χ1v) is 5.91. The number of hydrogen-bond acceptors (Lipinski definition) is 1. The highest BCUT2D eigenvalue weighted by Gasteiger charge is 2.03. The Labute approximate surface area is 104 Å². The SMILES string of the molecule is C#CCC(C)NCc1cc(Br)ccc1Cl. The van der Waals surface area contributed by atoms with Crippen LogP contribution in [0.4, 0.5) is 0 Å². The van der Waals surface area contributed by atoms with E-state index in [1.807, 2.05) is 18.2 Å². The van der Waals surface area contributed by atoms with Gasteiger partial charge in [0.25, 0.3) is 0 Å². The van der Waals surface area contributed by atoms with Crippen molar-refractivity contribution in [3.63, 3.8) is 0 Å². The zero-order valence-electron chi connectivity index (χ0n) is 8.56. The van der Waals surface area contributed by atoms with Crippen LogP contribution in [-0.2, 0) is 6.54 Å². The van der Waals surface area contributed by atoms with Crippen LogP contribution in [0.3, 0.4) is 0 Å². The maximum absolute atomic E-state index is 6.06. The highest BCUT2D eigenvalue weighted by Crippen LogP contribution is 2.20. The second-order valence-electron chi connectivity index (χ2n) is 3.43. The quantitative estimate of drug-likeness (QED) is 0.834. The van der Waals surface area contributed by atoms with E-state index in [1.54, 1.807) is 0 Å². The van der Waals surface area contributed by atoms with E-state index in [2.05, 4.69) is 34.1 Å². The summed E-state index contributed by atoms with van der Waals surface area (Å²) < 4.78 is 1.04. The molecule has 0 fully saturated rings. The van der Waals surface area contributed by atoms with Gasteiger partial charge in [-0.2, -0.15) is 0 Å². The first-order chi connectivity index (χ1) is 7.13. The molecule has 1 unspecified atom stereocenters. The van der Waals surface area contributed by atoms with E-state index in [0.717, 1.165) is 28.0 Å². The molecule has 0 aromatic heterocycles. The molecule has 0 amide bonds. The van der Waals surface area contributed by atoms with Crippen molar-refractivity contribution in [1.29, 1.82) is 0 Å². The molecule has 15 heavy (non-hydrogen) atoms. The largest absolute Gasteiger partial charge is 0.309 e. The van der Waals surface area contributed by atoms with Gasteiger partial charge in [0.2, 0.25) is 0 Å². The Morgan fingerprint density at radius 1 is 1.60 bits per heavy atom. The zero-order chi connectivity index (χ0) is 11.3. The number of halogens is 2. The third-order valence-electron chi connectivity index (χ3n) is 2.07. The first-order valence-electron chi connectivity index (χ1n) is 4.74. The molecule has 0 aliphatic heterocycles. The molecule has 0 saturated heterocycles. The standard InChI is InChI=1S/C12H13BrClN/c1-3-4-9(2)15-8-10-7-11(13)5-6-12(10)14/h1,5-7,9,15H,4,8H2,2H3. The van der Waals surface area contributed by atoms with E-state index < -0.39 is 0 Å². The summed E-state index contributed by atoms with van der Waals surface area (Å²) in [6, 6.07) is 6.13. The smallest absolute Gasteiger partial charge is 0.0451 e. The van der Waals surface area contributed by atoms with Crippen LogP contribution in [0.1, 0.15) is 18.9 Å². The Morgan fingerprint density at radius 3 is 3.00 bits per heavy atom. The number of rotatable bonds is 4. The molecular formula is C12H13BrClN. The van der Waals surface area contributed by atoms with Crippen LogP contribution in [0.15, 0.2) is 22.7 Å². The Balaban J connectivity index is 2.57. The summed E-state index contributed by atoms with van der Waals surface area (Å²) in [6.45, 7) is 2.80. The second kappa shape index (κ2) is 6.17. The maximum atomic E-state index is 6.06. The number of nitrogens with one attached hydrogen (secondary N) is 1.